The van der Waals surface area contributed by atoms with Crippen LogP contribution in [0.3, 0.4) is 0 Å². The molecule has 1 amide bonds. The van der Waals surface area contributed by atoms with Crippen molar-refractivity contribution in [2.24, 2.45) is 0 Å². The number of hydrogen-bond acceptors (Lipinski definition) is 7. The largest absolute Gasteiger partial charge is 0.459 e. The van der Waals surface area contributed by atoms with Gasteiger partial charge in [0.25, 0.3) is 11.6 Å². The fourth-order valence-corrected chi connectivity index (χ4v) is 4.30. The van der Waals surface area contributed by atoms with Gasteiger partial charge in [0.2, 0.25) is 0 Å². The highest BCUT2D eigenvalue weighted by Crippen LogP contribution is 2.32. The van der Waals surface area contributed by atoms with Gasteiger partial charge in [0.15, 0.2) is 5.11 Å². The number of rotatable bonds is 6. The molecule has 1 fully saturated rings. The van der Waals surface area contributed by atoms with Gasteiger partial charge in [0.1, 0.15) is 23.8 Å². The lowest BCUT2D eigenvalue weighted by Crippen LogP contribution is -2.34. The molecule has 35 heavy (non-hydrogen) atoms. The lowest BCUT2D eigenvalue weighted by molar-refractivity contribution is -0.384. The number of anilines is 2. The van der Waals surface area contributed by atoms with Crippen molar-refractivity contribution in [1.29, 1.82) is 0 Å². The van der Waals surface area contributed by atoms with Crippen molar-refractivity contribution in [2.45, 2.75) is 25.9 Å². The first-order valence-corrected chi connectivity index (χ1v) is 11.8. The van der Waals surface area contributed by atoms with Crippen molar-refractivity contribution in [3.8, 4) is 11.3 Å². The second-order valence-electron chi connectivity index (χ2n) is 8.04. The second-order valence-corrected chi connectivity index (χ2v) is 8.85. The molecule has 0 bridgehead atoms. The summed E-state index contributed by atoms with van der Waals surface area (Å²) in [5.41, 5.74) is 1.64. The number of thiocarbonyl (C=S) groups is 1. The molecule has 3 N–H and O–H groups in total. The quantitative estimate of drug-likeness (QED) is 0.235. The Hall–Kier alpha value is -3.47. The van der Waals surface area contributed by atoms with Crippen LogP contribution in [-0.2, 0) is 6.61 Å². The minimum atomic E-state index is -0.582. The molecule has 2 aromatic carbocycles. The van der Waals surface area contributed by atoms with E-state index in [1.807, 2.05) is 4.90 Å². The molecule has 0 aliphatic carbocycles. The van der Waals surface area contributed by atoms with Crippen molar-refractivity contribution in [3.05, 3.63) is 75.0 Å². The molecule has 3 aromatic rings. The standard InChI is InChI=1S/C24H23ClN4O5S/c25-18-7-4-15(22-9-6-17(14-30)34-22)12-19(18)26-24(35)27-23(31)16-5-8-20(21(13-16)29(32)33)28-10-2-1-3-11-28/h4-9,12-13,30H,1-3,10-11,14H2,(H2,26,27,31,35). The number of carbonyl (C=O) groups excluding carboxylic acids is 1. The third-order valence-electron chi connectivity index (χ3n) is 5.67. The SMILES string of the molecule is O=C(NC(=S)Nc1cc(-c2ccc(CO)o2)ccc1Cl)c1ccc(N2CCCCC2)c([N+](=O)[O-])c1. The van der Waals surface area contributed by atoms with Crippen LogP contribution in [0.25, 0.3) is 11.3 Å². The van der Waals surface area contributed by atoms with Crippen molar-refractivity contribution >= 4 is 51.9 Å². The third kappa shape index (κ3) is 5.79. The Labute approximate surface area is 211 Å². The highest BCUT2D eigenvalue weighted by Gasteiger charge is 2.23. The lowest BCUT2D eigenvalue weighted by Gasteiger charge is -2.28. The number of hydrogen-bond donors (Lipinski definition) is 3. The fourth-order valence-electron chi connectivity index (χ4n) is 3.93. The van der Waals surface area contributed by atoms with Gasteiger partial charge in [-0.1, -0.05) is 11.6 Å². The molecule has 9 nitrogen and oxygen atoms in total. The van der Waals surface area contributed by atoms with E-state index >= 15 is 0 Å². The summed E-state index contributed by atoms with van der Waals surface area (Å²) in [5, 5.41) is 26.6. The van der Waals surface area contributed by atoms with E-state index in [-0.39, 0.29) is 23.0 Å². The van der Waals surface area contributed by atoms with Crippen LogP contribution in [0.5, 0.6) is 0 Å². The second kappa shape index (κ2) is 10.9. The average molecular weight is 515 g/mol. The predicted molar refractivity (Wildman–Crippen MR) is 138 cm³/mol. The lowest BCUT2D eigenvalue weighted by atomic mass is 10.1. The first-order chi connectivity index (χ1) is 16.9. The zero-order valence-corrected chi connectivity index (χ0v) is 20.2. The van der Waals surface area contributed by atoms with Crippen LogP contribution in [-0.4, -0.2) is 34.1 Å². The van der Waals surface area contributed by atoms with Crippen LogP contribution in [0.1, 0.15) is 35.4 Å². The summed E-state index contributed by atoms with van der Waals surface area (Å²) < 4.78 is 5.54. The average Bonchev–Trinajstić information content (AvgIpc) is 3.35. The minimum Gasteiger partial charge on any atom is -0.459 e. The summed E-state index contributed by atoms with van der Waals surface area (Å²) in [6.45, 7) is 1.28. The van der Waals surface area contributed by atoms with Crippen LogP contribution < -0.4 is 15.5 Å². The van der Waals surface area contributed by atoms with Gasteiger partial charge in [-0.25, -0.2) is 0 Å². The van der Waals surface area contributed by atoms with E-state index in [2.05, 4.69) is 10.6 Å². The van der Waals surface area contributed by atoms with Gasteiger partial charge in [-0.3, -0.25) is 20.2 Å². The Morgan fingerprint density at radius 2 is 1.91 bits per heavy atom. The van der Waals surface area contributed by atoms with Crippen molar-refractivity contribution in [2.75, 3.05) is 23.3 Å². The van der Waals surface area contributed by atoms with Gasteiger partial charge in [-0.05, 0) is 73.9 Å². The summed E-state index contributed by atoms with van der Waals surface area (Å²) in [6, 6.07) is 12.9. The topological polar surface area (TPSA) is 121 Å². The normalized spacial score (nSPS) is 13.4. The Kier molecular flexibility index (Phi) is 7.64. The van der Waals surface area contributed by atoms with Crippen LogP contribution in [0.15, 0.2) is 52.9 Å². The fraction of sp³-hybridized carbons (Fsp3) is 0.250. The third-order valence-corrected chi connectivity index (χ3v) is 6.21. The van der Waals surface area contributed by atoms with Crippen LogP contribution >= 0.6 is 23.8 Å². The molecule has 2 heterocycles. The first kappa shape index (κ1) is 24.6. The molecule has 1 aliphatic rings. The van der Waals surface area contributed by atoms with Gasteiger partial charge in [0, 0.05) is 30.3 Å². The molecule has 1 saturated heterocycles. The molecule has 0 atom stereocenters. The molecule has 1 aliphatic heterocycles. The molecule has 11 heteroatoms. The van der Waals surface area contributed by atoms with Crippen LogP contribution in [0.4, 0.5) is 17.1 Å². The van der Waals surface area contributed by atoms with Gasteiger partial charge in [-0.15, -0.1) is 0 Å². The molecular weight excluding hydrogens is 492 g/mol. The Morgan fingerprint density at radius 1 is 1.14 bits per heavy atom. The van der Waals surface area contributed by atoms with Crippen LogP contribution in [0.2, 0.25) is 5.02 Å². The molecule has 4 rings (SSSR count). The molecule has 0 radical (unpaired) electrons. The molecule has 0 saturated carbocycles. The molecule has 1 aromatic heterocycles. The molecular formula is C24H23ClN4O5S. The van der Waals surface area contributed by atoms with E-state index in [0.717, 1.165) is 32.4 Å². The summed E-state index contributed by atoms with van der Waals surface area (Å²) in [4.78, 5) is 26.0. The van der Waals surface area contributed by atoms with E-state index in [1.54, 1.807) is 42.5 Å². The summed E-state index contributed by atoms with van der Waals surface area (Å²) in [5.74, 6) is 0.374. The van der Waals surface area contributed by atoms with Gasteiger partial charge < -0.3 is 19.7 Å². The summed E-state index contributed by atoms with van der Waals surface area (Å²) in [6.07, 6.45) is 3.06. The Morgan fingerprint density at radius 3 is 2.60 bits per heavy atom. The molecule has 182 valence electrons. The Balaban J connectivity index is 1.47. The molecule has 0 spiro atoms. The zero-order valence-electron chi connectivity index (χ0n) is 18.6. The maximum Gasteiger partial charge on any atom is 0.293 e. The first-order valence-electron chi connectivity index (χ1n) is 11.0. The van der Waals surface area contributed by atoms with E-state index in [9.17, 15) is 20.0 Å². The van der Waals surface area contributed by atoms with E-state index in [4.69, 9.17) is 28.2 Å². The van der Waals surface area contributed by atoms with Crippen molar-refractivity contribution < 1.29 is 19.2 Å². The number of nitro benzene ring substituents is 1. The Bertz CT molecular complexity index is 1270. The minimum absolute atomic E-state index is 0.0210. The monoisotopic (exact) mass is 514 g/mol. The van der Waals surface area contributed by atoms with Crippen molar-refractivity contribution in [3.63, 3.8) is 0 Å². The van der Waals surface area contributed by atoms with E-state index in [1.165, 1.54) is 6.07 Å². The number of aliphatic hydroxyl groups excluding tert-OH is 1. The maximum absolute atomic E-state index is 12.8. The highest BCUT2D eigenvalue weighted by molar-refractivity contribution is 7.80. The number of halogens is 1. The number of amides is 1. The number of aliphatic hydroxyl groups is 1. The van der Waals surface area contributed by atoms with Gasteiger partial charge in [0.05, 0.1) is 15.6 Å². The van der Waals surface area contributed by atoms with E-state index < -0.39 is 10.8 Å². The predicted octanol–water partition coefficient (Wildman–Crippen LogP) is 5.12. The van der Waals surface area contributed by atoms with Crippen LogP contribution in [0, 0.1) is 10.1 Å². The zero-order chi connectivity index (χ0) is 24.9. The smallest absolute Gasteiger partial charge is 0.293 e. The summed E-state index contributed by atoms with van der Waals surface area (Å²) in [7, 11) is 0. The number of nitrogens with one attached hydrogen (secondary N) is 2. The van der Waals surface area contributed by atoms with Gasteiger partial charge in [-0.2, -0.15) is 0 Å². The maximum atomic E-state index is 12.8. The number of carbonyl (C=O) groups is 1. The number of nitrogens with zero attached hydrogens (tertiary/aromatic N) is 2. The number of furan rings is 1. The number of benzene rings is 2. The van der Waals surface area contributed by atoms with Crippen molar-refractivity contribution in [1.82, 2.24) is 5.32 Å². The van der Waals surface area contributed by atoms with E-state index in [0.29, 0.717) is 33.5 Å². The number of piperidine rings is 1. The molecule has 0 unspecified atom stereocenters. The van der Waals surface area contributed by atoms with Gasteiger partial charge >= 0.3 is 0 Å². The number of nitro groups is 1. The summed E-state index contributed by atoms with van der Waals surface area (Å²) >= 11 is 11.5. The highest BCUT2D eigenvalue weighted by atomic mass is 35.5.